The van der Waals surface area contributed by atoms with Crippen LogP contribution in [-0.4, -0.2) is 62.1 Å². The van der Waals surface area contributed by atoms with Crippen molar-refractivity contribution < 1.29 is 9.53 Å². The molecule has 0 spiro atoms. The van der Waals surface area contributed by atoms with E-state index >= 15 is 0 Å². The summed E-state index contributed by atoms with van der Waals surface area (Å²) >= 11 is 0. The Morgan fingerprint density at radius 3 is 2.25 bits per heavy atom. The normalized spacial score (nSPS) is 11.7. The molecular formula is C16H34N2O2. The molecule has 0 aromatic carbocycles. The fourth-order valence-corrected chi connectivity index (χ4v) is 1.78. The molecule has 0 aliphatic heterocycles. The van der Waals surface area contributed by atoms with E-state index in [0.717, 1.165) is 19.5 Å². The number of carbonyl (C=O) groups excluding carboxylic acids is 1. The average molecular weight is 286 g/mol. The molecule has 0 saturated carbocycles. The summed E-state index contributed by atoms with van der Waals surface area (Å²) in [4.78, 5) is 15.9. The Kier molecular flexibility index (Phi) is 10.8. The predicted molar refractivity (Wildman–Crippen MR) is 84.9 cm³/mol. The van der Waals surface area contributed by atoms with Crippen LogP contribution in [-0.2, 0) is 9.53 Å². The fraction of sp³-hybridized carbons (Fsp3) is 0.938. The van der Waals surface area contributed by atoms with Crippen molar-refractivity contribution in [3.8, 4) is 0 Å². The van der Waals surface area contributed by atoms with Crippen molar-refractivity contribution in [1.29, 1.82) is 0 Å². The van der Waals surface area contributed by atoms with Crippen LogP contribution in [0.3, 0.4) is 0 Å². The zero-order valence-corrected chi connectivity index (χ0v) is 14.3. The van der Waals surface area contributed by atoms with Crippen LogP contribution in [0.5, 0.6) is 0 Å². The molecule has 0 aliphatic rings. The van der Waals surface area contributed by atoms with Gasteiger partial charge in [0.25, 0.3) is 0 Å². The van der Waals surface area contributed by atoms with Gasteiger partial charge in [-0.1, -0.05) is 13.8 Å². The van der Waals surface area contributed by atoms with Gasteiger partial charge in [-0.2, -0.15) is 0 Å². The number of likely N-dealkylation sites (N-methyl/N-ethyl adjacent to an activating group) is 1. The Balaban J connectivity index is 3.57. The van der Waals surface area contributed by atoms with E-state index in [1.165, 1.54) is 6.42 Å². The molecule has 120 valence electrons. The molecule has 0 aliphatic carbocycles. The van der Waals surface area contributed by atoms with Gasteiger partial charge in [-0.15, -0.1) is 0 Å². The highest BCUT2D eigenvalue weighted by atomic mass is 16.5. The summed E-state index contributed by atoms with van der Waals surface area (Å²) in [6.07, 6.45) is 2.75. The van der Waals surface area contributed by atoms with E-state index < -0.39 is 0 Å². The van der Waals surface area contributed by atoms with Crippen LogP contribution in [0.15, 0.2) is 0 Å². The van der Waals surface area contributed by atoms with Gasteiger partial charge < -0.3 is 14.5 Å². The van der Waals surface area contributed by atoms with Crippen LogP contribution in [0.4, 0.5) is 0 Å². The highest BCUT2D eigenvalue weighted by Gasteiger charge is 2.09. The number of nitrogens with zero attached hydrogens (tertiary/aromatic N) is 2. The number of hydrogen-bond acceptors (Lipinski definition) is 3. The monoisotopic (exact) mass is 286 g/mol. The molecule has 0 rings (SSSR count). The first-order chi connectivity index (χ1) is 9.34. The third kappa shape index (κ3) is 10.2. The second-order valence-corrected chi connectivity index (χ2v) is 6.29. The molecule has 0 N–H and O–H groups in total. The van der Waals surface area contributed by atoms with Gasteiger partial charge in [-0.05, 0) is 39.7 Å². The first-order valence-corrected chi connectivity index (χ1v) is 7.86. The van der Waals surface area contributed by atoms with Crippen LogP contribution < -0.4 is 0 Å². The summed E-state index contributed by atoms with van der Waals surface area (Å²) < 4.78 is 5.53. The van der Waals surface area contributed by atoms with Crippen molar-refractivity contribution in [2.75, 3.05) is 40.4 Å². The zero-order chi connectivity index (χ0) is 15.5. The molecule has 0 fully saturated rings. The lowest BCUT2D eigenvalue weighted by atomic mass is 10.1. The van der Waals surface area contributed by atoms with Gasteiger partial charge in [0.2, 0.25) is 5.91 Å². The Bertz CT molecular complexity index is 255. The summed E-state index contributed by atoms with van der Waals surface area (Å²) in [6, 6.07) is 0.535. The first-order valence-electron chi connectivity index (χ1n) is 7.86. The molecule has 0 aromatic heterocycles. The van der Waals surface area contributed by atoms with Crippen molar-refractivity contribution in [1.82, 2.24) is 9.80 Å². The van der Waals surface area contributed by atoms with Gasteiger partial charge in [0.05, 0.1) is 19.6 Å². The molecule has 4 nitrogen and oxygen atoms in total. The number of rotatable bonds is 11. The second-order valence-electron chi connectivity index (χ2n) is 6.29. The van der Waals surface area contributed by atoms with Gasteiger partial charge in [-0.3, -0.25) is 4.79 Å². The molecule has 0 aromatic rings. The van der Waals surface area contributed by atoms with E-state index in [-0.39, 0.29) is 5.91 Å². The van der Waals surface area contributed by atoms with Crippen LogP contribution >= 0.6 is 0 Å². The average Bonchev–Trinajstić information content (AvgIpc) is 2.36. The fourth-order valence-electron chi connectivity index (χ4n) is 1.78. The maximum atomic E-state index is 11.9. The summed E-state index contributed by atoms with van der Waals surface area (Å²) in [5.74, 6) is 0.894. The highest BCUT2D eigenvalue weighted by molar-refractivity contribution is 5.75. The van der Waals surface area contributed by atoms with Gasteiger partial charge in [0, 0.05) is 26.2 Å². The molecule has 0 heterocycles. The smallest absolute Gasteiger partial charge is 0.224 e. The molecule has 0 radical (unpaired) electrons. The topological polar surface area (TPSA) is 32.8 Å². The van der Waals surface area contributed by atoms with Crippen molar-refractivity contribution in [2.24, 2.45) is 5.92 Å². The van der Waals surface area contributed by atoms with Gasteiger partial charge in [0.15, 0.2) is 0 Å². The van der Waals surface area contributed by atoms with Crippen molar-refractivity contribution in [3.63, 3.8) is 0 Å². The summed E-state index contributed by atoms with van der Waals surface area (Å²) in [5.41, 5.74) is 0. The van der Waals surface area contributed by atoms with Crippen LogP contribution in [0.2, 0.25) is 0 Å². The lowest BCUT2D eigenvalue weighted by Crippen LogP contribution is -2.31. The van der Waals surface area contributed by atoms with Crippen molar-refractivity contribution >= 4 is 5.91 Å². The highest BCUT2D eigenvalue weighted by Crippen LogP contribution is 2.04. The lowest BCUT2D eigenvalue weighted by Gasteiger charge is -2.21. The lowest BCUT2D eigenvalue weighted by molar-refractivity contribution is -0.131. The SMILES string of the molecule is CC(C)CCCN(C)C(=O)CCOCCN(C)C(C)C. The Hall–Kier alpha value is -0.610. The van der Waals surface area contributed by atoms with Crippen LogP contribution in [0.25, 0.3) is 0 Å². The number of ether oxygens (including phenoxy) is 1. The molecule has 0 bridgehead atoms. The second kappa shape index (κ2) is 11.1. The largest absolute Gasteiger partial charge is 0.380 e. The van der Waals surface area contributed by atoms with E-state index in [9.17, 15) is 4.79 Å². The van der Waals surface area contributed by atoms with E-state index in [2.05, 4.69) is 39.6 Å². The van der Waals surface area contributed by atoms with Crippen molar-refractivity contribution in [3.05, 3.63) is 0 Å². The third-order valence-corrected chi connectivity index (χ3v) is 3.63. The molecule has 0 saturated heterocycles. The minimum Gasteiger partial charge on any atom is -0.380 e. The number of hydrogen-bond donors (Lipinski definition) is 0. The zero-order valence-electron chi connectivity index (χ0n) is 14.3. The molecule has 1 amide bonds. The first kappa shape index (κ1) is 19.4. The molecule has 20 heavy (non-hydrogen) atoms. The standard InChI is InChI=1S/C16H34N2O2/c1-14(2)8-7-10-18(6)16(19)9-12-20-13-11-17(5)15(3)4/h14-15H,7-13H2,1-6H3. The van der Waals surface area contributed by atoms with E-state index in [1.54, 1.807) is 0 Å². The van der Waals surface area contributed by atoms with Crippen LogP contribution in [0.1, 0.15) is 47.0 Å². The maximum absolute atomic E-state index is 11.9. The minimum atomic E-state index is 0.186. The van der Waals surface area contributed by atoms with Gasteiger partial charge in [0.1, 0.15) is 0 Å². The molecule has 4 heteroatoms. The van der Waals surface area contributed by atoms with Gasteiger partial charge >= 0.3 is 0 Å². The summed E-state index contributed by atoms with van der Waals surface area (Å²) in [5, 5.41) is 0. The van der Waals surface area contributed by atoms with E-state index in [1.807, 2.05) is 11.9 Å². The maximum Gasteiger partial charge on any atom is 0.224 e. The molecule has 0 unspecified atom stereocenters. The predicted octanol–water partition coefficient (Wildman–Crippen LogP) is 2.63. The van der Waals surface area contributed by atoms with E-state index in [0.29, 0.717) is 31.6 Å². The number of carbonyl (C=O) groups is 1. The van der Waals surface area contributed by atoms with Crippen LogP contribution in [0, 0.1) is 5.92 Å². The van der Waals surface area contributed by atoms with E-state index in [4.69, 9.17) is 4.74 Å². The summed E-state index contributed by atoms with van der Waals surface area (Å²) in [7, 11) is 3.97. The molecular weight excluding hydrogens is 252 g/mol. The Labute approximate surface area is 125 Å². The minimum absolute atomic E-state index is 0.186. The third-order valence-electron chi connectivity index (χ3n) is 3.63. The summed E-state index contributed by atoms with van der Waals surface area (Å²) in [6.45, 7) is 11.7. The van der Waals surface area contributed by atoms with Crippen molar-refractivity contribution in [2.45, 2.75) is 53.0 Å². The van der Waals surface area contributed by atoms with Gasteiger partial charge in [-0.25, -0.2) is 0 Å². The number of amides is 1. The Morgan fingerprint density at radius 1 is 1.05 bits per heavy atom. The Morgan fingerprint density at radius 2 is 1.70 bits per heavy atom. The quantitative estimate of drug-likeness (QED) is 0.547. The molecule has 0 atom stereocenters.